The van der Waals surface area contributed by atoms with Gasteiger partial charge in [0.05, 0.1) is 0 Å². The average molecular weight is 239 g/mol. The van der Waals surface area contributed by atoms with E-state index in [1.807, 2.05) is 19.4 Å². The molecule has 0 saturated carbocycles. The van der Waals surface area contributed by atoms with E-state index < -0.39 is 0 Å². The summed E-state index contributed by atoms with van der Waals surface area (Å²) in [4.78, 5) is 4.49. The molecule has 2 aromatic heterocycles. The number of hydrogen-bond donors (Lipinski definition) is 0. The summed E-state index contributed by atoms with van der Waals surface area (Å²) in [5.74, 6) is 1.04. The van der Waals surface area contributed by atoms with Crippen molar-refractivity contribution >= 4 is 10.9 Å². The lowest BCUT2D eigenvalue weighted by molar-refractivity contribution is 0.769. The monoisotopic (exact) mass is 239 g/mol. The number of nitrogens with zero attached hydrogens (tertiary/aromatic N) is 3. The molecular formula is C15H17N3. The zero-order valence-corrected chi connectivity index (χ0v) is 11.0. The van der Waals surface area contributed by atoms with Gasteiger partial charge in [0.25, 0.3) is 0 Å². The lowest BCUT2D eigenvalue weighted by Crippen LogP contribution is -1.98. The maximum Gasteiger partial charge on any atom is 0.142 e. The highest BCUT2D eigenvalue weighted by molar-refractivity contribution is 5.96. The molecule has 0 saturated heterocycles. The van der Waals surface area contributed by atoms with Crippen LogP contribution in [-0.4, -0.2) is 14.1 Å². The summed E-state index contributed by atoms with van der Waals surface area (Å²) in [6.07, 6.45) is 3.85. The highest BCUT2D eigenvalue weighted by atomic mass is 15.1. The predicted octanol–water partition coefficient (Wildman–Crippen LogP) is 3.37. The first-order chi connectivity index (χ1) is 8.74. The van der Waals surface area contributed by atoms with E-state index in [0.717, 1.165) is 12.4 Å². The van der Waals surface area contributed by atoms with Crippen LogP contribution >= 0.6 is 0 Å². The normalized spacial score (nSPS) is 11.3. The van der Waals surface area contributed by atoms with Crippen LogP contribution in [0.15, 0.2) is 36.7 Å². The van der Waals surface area contributed by atoms with Crippen LogP contribution in [0.4, 0.5) is 0 Å². The minimum atomic E-state index is 0.983. The van der Waals surface area contributed by atoms with Crippen molar-refractivity contribution in [1.29, 1.82) is 0 Å². The van der Waals surface area contributed by atoms with Crippen LogP contribution in [0, 0.1) is 6.92 Å². The molecule has 1 aromatic carbocycles. The number of benzene rings is 1. The Kier molecular flexibility index (Phi) is 2.47. The summed E-state index contributed by atoms with van der Waals surface area (Å²) >= 11 is 0. The van der Waals surface area contributed by atoms with E-state index in [1.165, 1.54) is 22.2 Å². The molecule has 3 rings (SSSR count). The van der Waals surface area contributed by atoms with Crippen molar-refractivity contribution in [1.82, 2.24) is 14.1 Å². The smallest absolute Gasteiger partial charge is 0.142 e. The number of para-hydroxylation sites is 1. The third-order valence-electron chi connectivity index (χ3n) is 3.59. The fourth-order valence-corrected chi connectivity index (χ4v) is 2.73. The quantitative estimate of drug-likeness (QED) is 0.672. The highest BCUT2D eigenvalue weighted by Crippen LogP contribution is 2.33. The third-order valence-corrected chi connectivity index (χ3v) is 3.59. The zero-order chi connectivity index (χ0) is 12.7. The van der Waals surface area contributed by atoms with Gasteiger partial charge in [-0.1, -0.05) is 18.2 Å². The first-order valence-corrected chi connectivity index (χ1v) is 6.29. The van der Waals surface area contributed by atoms with Crippen LogP contribution in [0.2, 0.25) is 0 Å². The number of fused-ring (bicyclic) bond motifs is 1. The van der Waals surface area contributed by atoms with Crippen LogP contribution in [0.5, 0.6) is 0 Å². The maximum atomic E-state index is 4.49. The van der Waals surface area contributed by atoms with E-state index in [-0.39, 0.29) is 0 Å². The number of hydrogen-bond acceptors (Lipinski definition) is 1. The summed E-state index contributed by atoms with van der Waals surface area (Å²) in [6, 6.07) is 8.54. The van der Waals surface area contributed by atoms with E-state index in [9.17, 15) is 0 Å². The average Bonchev–Trinajstić information content (AvgIpc) is 2.90. The molecule has 0 N–H and O–H groups in total. The van der Waals surface area contributed by atoms with Crippen LogP contribution in [0.25, 0.3) is 22.3 Å². The molecule has 0 spiro atoms. The van der Waals surface area contributed by atoms with Gasteiger partial charge in [-0.25, -0.2) is 4.98 Å². The van der Waals surface area contributed by atoms with Gasteiger partial charge in [0, 0.05) is 48.1 Å². The van der Waals surface area contributed by atoms with Crippen LogP contribution in [0.1, 0.15) is 12.6 Å². The summed E-state index contributed by atoms with van der Waals surface area (Å²) in [7, 11) is 2.04. The van der Waals surface area contributed by atoms with Crippen molar-refractivity contribution in [2.45, 2.75) is 20.4 Å². The molecule has 0 radical (unpaired) electrons. The van der Waals surface area contributed by atoms with Gasteiger partial charge in [-0.2, -0.15) is 0 Å². The second-order valence-electron chi connectivity index (χ2n) is 4.58. The molecule has 92 valence electrons. The second-order valence-corrected chi connectivity index (χ2v) is 4.58. The maximum absolute atomic E-state index is 4.49. The highest BCUT2D eigenvalue weighted by Gasteiger charge is 2.16. The van der Waals surface area contributed by atoms with Crippen molar-refractivity contribution in [3.05, 3.63) is 42.4 Å². The third kappa shape index (κ3) is 1.40. The number of rotatable bonds is 2. The Morgan fingerprint density at radius 2 is 2.00 bits per heavy atom. The molecular weight excluding hydrogens is 222 g/mol. The Morgan fingerprint density at radius 3 is 2.67 bits per heavy atom. The molecule has 2 heterocycles. The Balaban J connectivity index is 2.43. The van der Waals surface area contributed by atoms with Gasteiger partial charge >= 0.3 is 0 Å². The lowest BCUT2D eigenvalue weighted by atomic mass is 10.1. The molecule has 18 heavy (non-hydrogen) atoms. The first kappa shape index (κ1) is 11.1. The number of aryl methyl sites for hydroxylation is 2. The summed E-state index contributed by atoms with van der Waals surface area (Å²) < 4.78 is 4.42. The number of imidazole rings is 1. The number of aromatic nitrogens is 3. The lowest BCUT2D eigenvalue weighted by Gasteiger charge is -2.05. The van der Waals surface area contributed by atoms with Crippen LogP contribution in [-0.2, 0) is 13.6 Å². The van der Waals surface area contributed by atoms with Gasteiger partial charge in [0.2, 0.25) is 0 Å². The van der Waals surface area contributed by atoms with Gasteiger partial charge in [0.15, 0.2) is 0 Å². The second kappa shape index (κ2) is 4.02. The molecule has 0 aliphatic carbocycles. The standard InChI is InChI=1S/C15H17N3/c1-4-18-11(2)14(15-16-9-10-17(15)3)12-7-5-6-8-13(12)18/h5-10H,4H2,1-3H3. The molecule has 0 unspecified atom stereocenters. The van der Waals surface area contributed by atoms with Crippen molar-refractivity contribution in [2.75, 3.05) is 0 Å². The van der Waals surface area contributed by atoms with Crippen LogP contribution in [0.3, 0.4) is 0 Å². The van der Waals surface area contributed by atoms with Gasteiger partial charge in [-0.3, -0.25) is 0 Å². The fraction of sp³-hybridized carbons (Fsp3) is 0.267. The molecule has 0 aliphatic heterocycles. The van der Waals surface area contributed by atoms with Gasteiger partial charge < -0.3 is 9.13 Å². The first-order valence-electron chi connectivity index (χ1n) is 6.29. The summed E-state index contributed by atoms with van der Waals surface area (Å²) in [5, 5.41) is 1.28. The van der Waals surface area contributed by atoms with E-state index >= 15 is 0 Å². The molecule has 0 atom stereocenters. The van der Waals surface area contributed by atoms with Gasteiger partial charge in [-0.05, 0) is 19.9 Å². The van der Waals surface area contributed by atoms with E-state index in [1.54, 1.807) is 0 Å². The topological polar surface area (TPSA) is 22.8 Å². The minimum absolute atomic E-state index is 0.983. The van der Waals surface area contributed by atoms with Crippen molar-refractivity contribution in [3.8, 4) is 11.4 Å². The van der Waals surface area contributed by atoms with Crippen molar-refractivity contribution in [3.63, 3.8) is 0 Å². The van der Waals surface area contributed by atoms with Crippen LogP contribution < -0.4 is 0 Å². The molecule has 0 fully saturated rings. The van der Waals surface area contributed by atoms with E-state index in [0.29, 0.717) is 0 Å². The predicted molar refractivity (Wildman–Crippen MR) is 74.6 cm³/mol. The van der Waals surface area contributed by atoms with E-state index in [4.69, 9.17) is 0 Å². The molecule has 0 aliphatic rings. The molecule has 3 heteroatoms. The zero-order valence-electron chi connectivity index (χ0n) is 11.0. The summed E-state index contributed by atoms with van der Waals surface area (Å²) in [6.45, 7) is 5.34. The van der Waals surface area contributed by atoms with Crippen molar-refractivity contribution < 1.29 is 0 Å². The minimum Gasteiger partial charge on any atom is -0.344 e. The Labute approximate surface area is 107 Å². The largest absolute Gasteiger partial charge is 0.344 e. The Bertz CT molecular complexity index is 704. The molecule has 3 nitrogen and oxygen atoms in total. The molecule has 0 bridgehead atoms. The fourth-order valence-electron chi connectivity index (χ4n) is 2.73. The molecule has 3 aromatic rings. The van der Waals surface area contributed by atoms with E-state index in [2.05, 4.69) is 52.2 Å². The molecule has 0 amide bonds. The summed E-state index contributed by atoms with van der Waals surface area (Å²) in [5.41, 5.74) is 3.82. The SMILES string of the molecule is CCn1c(C)c(-c2nccn2C)c2ccccc21. The van der Waals surface area contributed by atoms with Gasteiger partial charge in [-0.15, -0.1) is 0 Å². The van der Waals surface area contributed by atoms with Crippen molar-refractivity contribution in [2.24, 2.45) is 7.05 Å². The Hall–Kier alpha value is -2.03. The Morgan fingerprint density at radius 1 is 1.22 bits per heavy atom. The van der Waals surface area contributed by atoms with Gasteiger partial charge in [0.1, 0.15) is 5.82 Å².